The van der Waals surface area contributed by atoms with Gasteiger partial charge in [-0.05, 0) is 42.9 Å². The summed E-state index contributed by atoms with van der Waals surface area (Å²) < 4.78 is 0. The van der Waals surface area contributed by atoms with Gasteiger partial charge in [-0.25, -0.2) is 0 Å². The van der Waals surface area contributed by atoms with Gasteiger partial charge in [0.15, 0.2) is 0 Å². The minimum atomic E-state index is 0.298. The van der Waals surface area contributed by atoms with E-state index in [1.165, 1.54) is 19.3 Å². The third-order valence-electron chi connectivity index (χ3n) is 4.44. The summed E-state index contributed by atoms with van der Waals surface area (Å²) in [4.78, 5) is 0. The van der Waals surface area contributed by atoms with E-state index in [-0.39, 0.29) is 0 Å². The molecule has 0 aromatic carbocycles. The summed E-state index contributed by atoms with van der Waals surface area (Å²) in [5, 5.41) is 0. The van der Waals surface area contributed by atoms with Crippen molar-refractivity contribution in [2.45, 2.75) is 53.9 Å². The molecule has 1 unspecified atom stereocenters. The highest BCUT2D eigenvalue weighted by Crippen LogP contribution is 2.46. The SMILES string of the molecule is C=CC(C)(C)CCC1CC=C(C)C1(C)C. The van der Waals surface area contributed by atoms with Gasteiger partial charge in [0.05, 0.1) is 0 Å². The van der Waals surface area contributed by atoms with E-state index in [4.69, 9.17) is 0 Å². The van der Waals surface area contributed by atoms with E-state index >= 15 is 0 Å². The van der Waals surface area contributed by atoms with Crippen LogP contribution in [0.15, 0.2) is 24.3 Å². The zero-order valence-electron chi connectivity index (χ0n) is 11.1. The Morgan fingerprint density at radius 1 is 1.53 bits per heavy atom. The minimum absolute atomic E-state index is 0.298. The molecule has 0 amide bonds. The first-order valence-electron chi connectivity index (χ1n) is 6.10. The maximum Gasteiger partial charge on any atom is -0.0116 e. The van der Waals surface area contributed by atoms with Crippen molar-refractivity contribution in [2.24, 2.45) is 16.7 Å². The Bertz CT molecular complexity index is 266. The van der Waals surface area contributed by atoms with Gasteiger partial charge < -0.3 is 0 Å². The molecular formula is C15H26. The molecule has 0 spiro atoms. The molecule has 0 saturated carbocycles. The van der Waals surface area contributed by atoms with Crippen LogP contribution in [0.1, 0.15) is 53.9 Å². The van der Waals surface area contributed by atoms with Crippen LogP contribution in [-0.2, 0) is 0 Å². The van der Waals surface area contributed by atoms with Gasteiger partial charge >= 0.3 is 0 Å². The minimum Gasteiger partial charge on any atom is -0.103 e. The van der Waals surface area contributed by atoms with E-state index in [1.807, 2.05) is 0 Å². The predicted molar refractivity (Wildman–Crippen MR) is 68.9 cm³/mol. The van der Waals surface area contributed by atoms with Crippen molar-refractivity contribution >= 4 is 0 Å². The molecule has 0 nitrogen and oxygen atoms in total. The lowest BCUT2D eigenvalue weighted by atomic mass is 9.73. The fourth-order valence-electron chi connectivity index (χ4n) is 2.33. The maximum absolute atomic E-state index is 3.92. The summed E-state index contributed by atoms with van der Waals surface area (Å²) >= 11 is 0. The summed E-state index contributed by atoms with van der Waals surface area (Å²) in [5.41, 5.74) is 2.29. The zero-order valence-corrected chi connectivity index (χ0v) is 11.1. The first-order valence-corrected chi connectivity index (χ1v) is 6.10. The van der Waals surface area contributed by atoms with Crippen molar-refractivity contribution in [3.8, 4) is 0 Å². The molecule has 0 saturated heterocycles. The highest BCUT2D eigenvalue weighted by Gasteiger charge is 2.35. The predicted octanol–water partition coefficient (Wildman–Crippen LogP) is 4.97. The van der Waals surface area contributed by atoms with Crippen molar-refractivity contribution in [1.29, 1.82) is 0 Å². The summed E-state index contributed by atoms with van der Waals surface area (Å²) in [6, 6.07) is 0. The number of rotatable bonds is 4. The Labute approximate surface area is 95.5 Å². The topological polar surface area (TPSA) is 0 Å². The van der Waals surface area contributed by atoms with Crippen LogP contribution in [0.5, 0.6) is 0 Å². The maximum atomic E-state index is 3.92. The molecular weight excluding hydrogens is 180 g/mol. The Balaban J connectivity index is 2.53. The second kappa shape index (κ2) is 4.15. The third-order valence-corrected chi connectivity index (χ3v) is 4.44. The second-order valence-corrected chi connectivity index (χ2v) is 6.27. The van der Waals surface area contributed by atoms with Crippen LogP contribution in [0.4, 0.5) is 0 Å². The molecule has 1 aliphatic rings. The van der Waals surface area contributed by atoms with Crippen LogP contribution in [0.25, 0.3) is 0 Å². The molecule has 0 heterocycles. The first-order chi connectivity index (χ1) is 6.79. The van der Waals surface area contributed by atoms with E-state index in [0.29, 0.717) is 10.8 Å². The van der Waals surface area contributed by atoms with Crippen molar-refractivity contribution in [1.82, 2.24) is 0 Å². The lowest BCUT2D eigenvalue weighted by molar-refractivity contribution is 0.244. The van der Waals surface area contributed by atoms with Crippen molar-refractivity contribution in [2.75, 3.05) is 0 Å². The van der Waals surface area contributed by atoms with Crippen LogP contribution in [0, 0.1) is 16.7 Å². The van der Waals surface area contributed by atoms with Crippen LogP contribution in [0.3, 0.4) is 0 Å². The van der Waals surface area contributed by atoms with Gasteiger partial charge in [-0.15, -0.1) is 6.58 Å². The van der Waals surface area contributed by atoms with Gasteiger partial charge in [0.25, 0.3) is 0 Å². The second-order valence-electron chi connectivity index (χ2n) is 6.27. The Morgan fingerprint density at radius 3 is 2.53 bits per heavy atom. The number of allylic oxidation sites excluding steroid dienone is 3. The van der Waals surface area contributed by atoms with Crippen LogP contribution in [-0.4, -0.2) is 0 Å². The van der Waals surface area contributed by atoms with E-state index in [1.54, 1.807) is 5.57 Å². The number of hydrogen-bond acceptors (Lipinski definition) is 0. The lowest BCUT2D eigenvalue weighted by Gasteiger charge is -2.32. The van der Waals surface area contributed by atoms with Gasteiger partial charge in [0.2, 0.25) is 0 Å². The summed E-state index contributed by atoms with van der Waals surface area (Å²) in [7, 11) is 0. The smallest absolute Gasteiger partial charge is 0.0116 e. The van der Waals surface area contributed by atoms with Crippen LogP contribution >= 0.6 is 0 Å². The highest BCUT2D eigenvalue weighted by atomic mass is 14.4. The van der Waals surface area contributed by atoms with Gasteiger partial charge in [-0.3, -0.25) is 0 Å². The van der Waals surface area contributed by atoms with E-state index in [0.717, 1.165) is 5.92 Å². The summed E-state index contributed by atoms with van der Waals surface area (Å²) in [6.07, 6.45) is 8.36. The lowest BCUT2D eigenvalue weighted by Crippen LogP contribution is -2.22. The van der Waals surface area contributed by atoms with Crippen LogP contribution < -0.4 is 0 Å². The van der Waals surface area contributed by atoms with Gasteiger partial charge in [-0.1, -0.05) is 45.4 Å². The van der Waals surface area contributed by atoms with Crippen molar-refractivity contribution < 1.29 is 0 Å². The standard InChI is InChI=1S/C15H26/c1-7-14(3,4)11-10-13-9-8-12(2)15(13,5)6/h7-8,13H,1,9-11H2,2-6H3. The van der Waals surface area contributed by atoms with E-state index < -0.39 is 0 Å². The fourth-order valence-corrected chi connectivity index (χ4v) is 2.33. The Kier molecular flexibility index (Phi) is 3.48. The molecule has 1 rings (SSSR count). The molecule has 0 bridgehead atoms. The van der Waals surface area contributed by atoms with Gasteiger partial charge in [-0.2, -0.15) is 0 Å². The normalized spacial score (nSPS) is 25.1. The molecule has 15 heavy (non-hydrogen) atoms. The molecule has 0 fully saturated rings. The molecule has 0 heteroatoms. The van der Waals surface area contributed by atoms with Gasteiger partial charge in [0, 0.05) is 0 Å². The van der Waals surface area contributed by atoms with Crippen LogP contribution in [0.2, 0.25) is 0 Å². The molecule has 0 radical (unpaired) electrons. The quantitative estimate of drug-likeness (QED) is 0.570. The Morgan fingerprint density at radius 2 is 2.13 bits per heavy atom. The molecule has 0 aromatic rings. The fraction of sp³-hybridized carbons (Fsp3) is 0.733. The first kappa shape index (κ1) is 12.5. The van der Waals surface area contributed by atoms with Crippen molar-refractivity contribution in [3.63, 3.8) is 0 Å². The highest BCUT2D eigenvalue weighted by molar-refractivity contribution is 5.18. The molecule has 86 valence electrons. The summed E-state index contributed by atoms with van der Waals surface area (Å²) in [5.74, 6) is 0.830. The van der Waals surface area contributed by atoms with E-state index in [9.17, 15) is 0 Å². The molecule has 0 N–H and O–H groups in total. The van der Waals surface area contributed by atoms with E-state index in [2.05, 4.69) is 53.3 Å². The Hall–Kier alpha value is -0.520. The molecule has 1 aliphatic carbocycles. The monoisotopic (exact) mass is 206 g/mol. The summed E-state index contributed by atoms with van der Waals surface area (Å²) in [6.45, 7) is 15.5. The van der Waals surface area contributed by atoms with Crippen molar-refractivity contribution in [3.05, 3.63) is 24.3 Å². The largest absolute Gasteiger partial charge is 0.103 e. The molecule has 1 atom stereocenters. The zero-order chi connectivity index (χ0) is 11.7. The number of hydrogen-bond donors (Lipinski definition) is 0. The van der Waals surface area contributed by atoms with Gasteiger partial charge in [0.1, 0.15) is 0 Å². The molecule has 0 aromatic heterocycles. The average Bonchev–Trinajstić information content (AvgIpc) is 2.40. The average molecular weight is 206 g/mol. The molecule has 0 aliphatic heterocycles. The third kappa shape index (κ3) is 2.74.